The van der Waals surface area contributed by atoms with Gasteiger partial charge in [0.2, 0.25) is 10.0 Å². The maximum Gasteiger partial charge on any atom is 0.240 e. The molecule has 7 nitrogen and oxygen atoms in total. The SMILES string of the molecule is Cc1nc(-c2cccnc2)nc(NCCNS(=O)(=O)c2ccccc2)c1C. The van der Waals surface area contributed by atoms with Crippen molar-refractivity contribution in [3.8, 4) is 11.4 Å². The highest BCUT2D eigenvalue weighted by Crippen LogP contribution is 2.20. The molecule has 0 aliphatic rings. The summed E-state index contributed by atoms with van der Waals surface area (Å²) in [6, 6.07) is 12.0. The molecule has 0 fully saturated rings. The number of nitrogens with one attached hydrogen (secondary N) is 2. The zero-order chi connectivity index (χ0) is 19.3. The summed E-state index contributed by atoms with van der Waals surface area (Å²) in [4.78, 5) is 13.4. The summed E-state index contributed by atoms with van der Waals surface area (Å²) in [7, 11) is -3.52. The lowest BCUT2D eigenvalue weighted by Crippen LogP contribution is -2.29. The highest BCUT2D eigenvalue weighted by molar-refractivity contribution is 7.89. The largest absolute Gasteiger partial charge is 0.368 e. The number of nitrogens with zero attached hydrogens (tertiary/aromatic N) is 3. The van der Waals surface area contributed by atoms with Gasteiger partial charge in [0.05, 0.1) is 4.90 Å². The predicted molar refractivity (Wildman–Crippen MR) is 105 cm³/mol. The van der Waals surface area contributed by atoms with Gasteiger partial charge in [-0.2, -0.15) is 0 Å². The molecule has 0 amide bonds. The smallest absolute Gasteiger partial charge is 0.240 e. The van der Waals surface area contributed by atoms with Gasteiger partial charge in [0.1, 0.15) is 5.82 Å². The van der Waals surface area contributed by atoms with Crippen LogP contribution in [0, 0.1) is 13.8 Å². The van der Waals surface area contributed by atoms with E-state index in [0.717, 1.165) is 16.8 Å². The second-order valence-corrected chi connectivity index (χ2v) is 7.75. The normalized spacial score (nSPS) is 11.3. The lowest BCUT2D eigenvalue weighted by molar-refractivity contribution is 0.583. The van der Waals surface area contributed by atoms with E-state index in [2.05, 4.69) is 25.0 Å². The molecular weight excluding hydrogens is 362 g/mol. The van der Waals surface area contributed by atoms with Crippen LogP contribution in [-0.2, 0) is 10.0 Å². The zero-order valence-corrected chi connectivity index (χ0v) is 16.0. The summed E-state index contributed by atoms with van der Waals surface area (Å²) in [5, 5.41) is 3.19. The Hall–Kier alpha value is -2.84. The van der Waals surface area contributed by atoms with E-state index in [0.29, 0.717) is 18.2 Å². The molecule has 0 bridgehead atoms. The molecule has 0 saturated heterocycles. The van der Waals surface area contributed by atoms with Crippen LogP contribution in [-0.4, -0.2) is 36.5 Å². The van der Waals surface area contributed by atoms with E-state index in [4.69, 9.17) is 0 Å². The third kappa shape index (κ3) is 4.66. The first-order valence-corrected chi connectivity index (χ1v) is 10.00. The molecule has 0 radical (unpaired) electrons. The van der Waals surface area contributed by atoms with E-state index < -0.39 is 10.0 Å². The Morgan fingerprint density at radius 3 is 2.44 bits per heavy atom. The summed E-state index contributed by atoms with van der Waals surface area (Å²) in [6.07, 6.45) is 3.41. The molecule has 0 saturated carbocycles. The molecule has 2 N–H and O–H groups in total. The maximum absolute atomic E-state index is 12.2. The number of sulfonamides is 1. The molecule has 0 unspecified atom stereocenters. The van der Waals surface area contributed by atoms with Crippen LogP contribution < -0.4 is 10.0 Å². The van der Waals surface area contributed by atoms with Crippen LogP contribution in [0.1, 0.15) is 11.3 Å². The Kier molecular flexibility index (Phi) is 5.78. The number of hydrogen-bond acceptors (Lipinski definition) is 6. The van der Waals surface area contributed by atoms with Gasteiger partial charge < -0.3 is 5.32 Å². The fraction of sp³-hybridized carbons (Fsp3) is 0.211. The molecule has 0 aliphatic carbocycles. The van der Waals surface area contributed by atoms with Crippen molar-refractivity contribution in [3.63, 3.8) is 0 Å². The topological polar surface area (TPSA) is 96.9 Å². The summed E-state index contributed by atoms with van der Waals surface area (Å²) >= 11 is 0. The monoisotopic (exact) mass is 383 g/mol. The molecule has 2 heterocycles. The molecule has 1 aromatic carbocycles. The Bertz CT molecular complexity index is 1010. The summed E-state index contributed by atoms with van der Waals surface area (Å²) in [6.45, 7) is 4.48. The first kappa shape index (κ1) is 18.9. The first-order chi connectivity index (χ1) is 13.0. The van der Waals surface area contributed by atoms with E-state index in [1.165, 1.54) is 0 Å². The van der Waals surface area contributed by atoms with Crippen LogP contribution in [0.4, 0.5) is 5.82 Å². The van der Waals surface area contributed by atoms with Gasteiger partial charge in [-0.3, -0.25) is 4.98 Å². The molecule has 3 rings (SSSR count). The van der Waals surface area contributed by atoms with Crippen molar-refractivity contribution in [2.75, 3.05) is 18.4 Å². The van der Waals surface area contributed by atoms with Crippen LogP contribution in [0.5, 0.6) is 0 Å². The Labute approximate surface area is 159 Å². The van der Waals surface area contributed by atoms with Crippen LogP contribution in [0.15, 0.2) is 59.8 Å². The minimum atomic E-state index is -3.52. The van der Waals surface area contributed by atoms with Gasteiger partial charge in [-0.1, -0.05) is 18.2 Å². The van der Waals surface area contributed by atoms with Crippen LogP contribution >= 0.6 is 0 Å². The minimum absolute atomic E-state index is 0.238. The zero-order valence-electron chi connectivity index (χ0n) is 15.2. The summed E-state index contributed by atoms with van der Waals surface area (Å²) in [5.74, 6) is 1.26. The number of rotatable bonds is 7. The van der Waals surface area contributed by atoms with Crippen molar-refractivity contribution in [1.29, 1.82) is 0 Å². The highest BCUT2D eigenvalue weighted by atomic mass is 32.2. The molecule has 140 valence electrons. The fourth-order valence-corrected chi connectivity index (χ4v) is 3.53. The lowest BCUT2D eigenvalue weighted by Gasteiger charge is -2.13. The quantitative estimate of drug-likeness (QED) is 0.609. The number of aromatic nitrogens is 3. The summed E-state index contributed by atoms with van der Waals surface area (Å²) < 4.78 is 27.0. The van der Waals surface area contributed by atoms with Crippen molar-refractivity contribution in [1.82, 2.24) is 19.7 Å². The highest BCUT2D eigenvalue weighted by Gasteiger charge is 2.13. The van der Waals surface area contributed by atoms with Gasteiger partial charge in [-0.25, -0.2) is 23.1 Å². The van der Waals surface area contributed by atoms with Gasteiger partial charge in [-0.05, 0) is 38.1 Å². The van der Waals surface area contributed by atoms with Crippen molar-refractivity contribution >= 4 is 15.8 Å². The number of aryl methyl sites for hydroxylation is 1. The summed E-state index contributed by atoms with van der Waals surface area (Å²) in [5.41, 5.74) is 2.61. The maximum atomic E-state index is 12.2. The van der Waals surface area contributed by atoms with E-state index >= 15 is 0 Å². The lowest BCUT2D eigenvalue weighted by atomic mass is 10.2. The van der Waals surface area contributed by atoms with E-state index in [-0.39, 0.29) is 11.4 Å². The number of pyridine rings is 1. The number of hydrogen-bond donors (Lipinski definition) is 2. The molecular formula is C19H21N5O2S. The van der Waals surface area contributed by atoms with Gasteiger partial charge in [0.25, 0.3) is 0 Å². The molecule has 0 aliphatic heterocycles. The second kappa shape index (κ2) is 8.24. The average molecular weight is 383 g/mol. The van der Waals surface area contributed by atoms with E-state index in [1.807, 2.05) is 26.0 Å². The van der Waals surface area contributed by atoms with E-state index in [9.17, 15) is 8.42 Å². The third-order valence-corrected chi connectivity index (χ3v) is 5.55. The fourth-order valence-electron chi connectivity index (χ4n) is 2.47. The van der Waals surface area contributed by atoms with Gasteiger partial charge >= 0.3 is 0 Å². The second-order valence-electron chi connectivity index (χ2n) is 5.99. The van der Waals surface area contributed by atoms with Crippen LogP contribution in [0.25, 0.3) is 11.4 Å². The Balaban J connectivity index is 1.67. The van der Waals surface area contributed by atoms with Crippen LogP contribution in [0.3, 0.4) is 0 Å². The van der Waals surface area contributed by atoms with Gasteiger partial charge in [0.15, 0.2) is 5.82 Å². The Morgan fingerprint density at radius 2 is 1.74 bits per heavy atom. The van der Waals surface area contributed by atoms with Crippen LogP contribution in [0.2, 0.25) is 0 Å². The molecule has 8 heteroatoms. The van der Waals surface area contributed by atoms with Crippen molar-refractivity contribution in [2.24, 2.45) is 0 Å². The number of benzene rings is 1. The number of anilines is 1. The third-order valence-electron chi connectivity index (χ3n) is 4.07. The molecule has 2 aromatic heterocycles. The van der Waals surface area contributed by atoms with Crippen molar-refractivity contribution in [2.45, 2.75) is 18.7 Å². The minimum Gasteiger partial charge on any atom is -0.368 e. The molecule has 3 aromatic rings. The van der Waals surface area contributed by atoms with Gasteiger partial charge in [0, 0.05) is 42.3 Å². The Morgan fingerprint density at radius 1 is 0.963 bits per heavy atom. The van der Waals surface area contributed by atoms with Gasteiger partial charge in [-0.15, -0.1) is 0 Å². The average Bonchev–Trinajstić information content (AvgIpc) is 2.69. The first-order valence-electron chi connectivity index (χ1n) is 8.51. The predicted octanol–water partition coefficient (Wildman–Crippen LogP) is 2.55. The van der Waals surface area contributed by atoms with E-state index in [1.54, 1.807) is 42.7 Å². The standard InChI is InChI=1S/C19H21N5O2S/c1-14-15(2)23-19(16-7-6-10-20-13-16)24-18(14)21-11-12-22-27(25,26)17-8-4-3-5-9-17/h3-10,13,22H,11-12H2,1-2H3,(H,21,23,24). The molecule has 27 heavy (non-hydrogen) atoms. The van der Waals surface area contributed by atoms with Crippen molar-refractivity contribution < 1.29 is 8.42 Å². The van der Waals surface area contributed by atoms with Crippen molar-refractivity contribution in [3.05, 3.63) is 66.1 Å². The molecule has 0 atom stereocenters. The molecule has 0 spiro atoms.